The highest BCUT2D eigenvalue weighted by atomic mass is 15.0. The van der Waals surface area contributed by atoms with Gasteiger partial charge in [-0.05, 0) is 49.6 Å². The van der Waals surface area contributed by atoms with Crippen molar-refractivity contribution in [2.24, 2.45) is 17.3 Å². The van der Waals surface area contributed by atoms with Gasteiger partial charge in [-0.1, -0.05) is 27.7 Å². The first kappa shape index (κ1) is 12.4. The third kappa shape index (κ3) is 2.78. The fourth-order valence-electron chi connectivity index (χ4n) is 2.95. The van der Waals surface area contributed by atoms with Crippen LogP contribution in [0.3, 0.4) is 0 Å². The molecule has 4 atom stereocenters. The third-order valence-electron chi connectivity index (χ3n) is 4.77. The zero-order chi connectivity index (χ0) is 11.8. The summed E-state index contributed by atoms with van der Waals surface area (Å²) in [4.78, 5) is 0. The fraction of sp³-hybridized carbons (Fsp3) is 1.00. The van der Waals surface area contributed by atoms with Crippen LogP contribution in [0.4, 0.5) is 0 Å². The molecule has 2 rings (SSSR count). The van der Waals surface area contributed by atoms with E-state index < -0.39 is 0 Å². The van der Waals surface area contributed by atoms with E-state index >= 15 is 0 Å². The van der Waals surface area contributed by atoms with E-state index in [9.17, 15) is 0 Å². The molecule has 0 aromatic carbocycles. The Hall–Kier alpha value is -0.0800. The standard InChI is InChI=1S/C14H28N2/c1-10(14(2,3)4)8-15-9-11-7-12-5-6-13(11)16-12/h10-13,15-16H,5-9H2,1-4H3. The van der Waals surface area contributed by atoms with Gasteiger partial charge in [0, 0.05) is 12.1 Å². The van der Waals surface area contributed by atoms with Crippen molar-refractivity contribution >= 4 is 0 Å². The van der Waals surface area contributed by atoms with Crippen molar-refractivity contribution in [3.05, 3.63) is 0 Å². The molecule has 0 radical (unpaired) electrons. The van der Waals surface area contributed by atoms with Crippen LogP contribution in [0.15, 0.2) is 0 Å². The maximum Gasteiger partial charge on any atom is 0.0111 e. The molecule has 4 unspecified atom stereocenters. The van der Waals surface area contributed by atoms with Crippen LogP contribution in [0, 0.1) is 17.3 Å². The van der Waals surface area contributed by atoms with Crippen molar-refractivity contribution in [2.45, 2.75) is 59.0 Å². The molecule has 0 aliphatic carbocycles. The lowest BCUT2D eigenvalue weighted by Gasteiger charge is -2.28. The molecule has 2 fully saturated rings. The van der Waals surface area contributed by atoms with E-state index in [-0.39, 0.29) is 0 Å². The smallest absolute Gasteiger partial charge is 0.0111 e. The van der Waals surface area contributed by atoms with E-state index in [0.717, 1.165) is 30.5 Å². The van der Waals surface area contributed by atoms with Crippen molar-refractivity contribution in [3.63, 3.8) is 0 Å². The van der Waals surface area contributed by atoms with Crippen molar-refractivity contribution in [1.29, 1.82) is 0 Å². The lowest BCUT2D eigenvalue weighted by atomic mass is 9.82. The fourth-order valence-corrected chi connectivity index (χ4v) is 2.95. The van der Waals surface area contributed by atoms with Crippen molar-refractivity contribution in [1.82, 2.24) is 10.6 Å². The maximum atomic E-state index is 3.71. The average Bonchev–Trinajstić information content (AvgIpc) is 2.77. The van der Waals surface area contributed by atoms with Gasteiger partial charge in [0.15, 0.2) is 0 Å². The van der Waals surface area contributed by atoms with Crippen LogP contribution in [0.5, 0.6) is 0 Å². The van der Waals surface area contributed by atoms with Crippen LogP contribution in [0.25, 0.3) is 0 Å². The molecular weight excluding hydrogens is 196 g/mol. The Morgan fingerprint density at radius 2 is 2.06 bits per heavy atom. The molecule has 0 spiro atoms. The van der Waals surface area contributed by atoms with Crippen LogP contribution >= 0.6 is 0 Å². The van der Waals surface area contributed by atoms with Crippen molar-refractivity contribution < 1.29 is 0 Å². The molecule has 2 N–H and O–H groups in total. The average molecular weight is 224 g/mol. The van der Waals surface area contributed by atoms with Gasteiger partial charge in [-0.3, -0.25) is 0 Å². The molecule has 2 nitrogen and oxygen atoms in total. The summed E-state index contributed by atoms with van der Waals surface area (Å²) in [5.41, 5.74) is 0.430. The highest BCUT2D eigenvalue weighted by molar-refractivity contribution is 4.97. The second kappa shape index (κ2) is 4.66. The molecule has 0 aromatic heterocycles. The highest BCUT2D eigenvalue weighted by Gasteiger charge is 2.38. The summed E-state index contributed by atoms with van der Waals surface area (Å²) in [6.45, 7) is 11.7. The Balaban J connectivity index is 1.65. The molecule has 2 saturated heterocycles. The Morgan fingerprint density at radius 3 is 2.56 bits per heavy atom. The molecule has 2 bridgehead atoms. The van der Waals surface area contributed by atoms with E-state index in [0.29, 0.717) is 5.41 Å². The van der Waals surface area contributed by atoms with Crippen LogP contribution in [-0.4, -0.2) is 25.2 Å². The second-order valence-corrected chi connectivity index (χ2v) is 6.97. The lowest BCUT2D eigenvalue weighted by molar-refractivity contribution is 0.245. The zero-order valence-corrected chi connectivity index (χ0v) is 11.3. The van der Waals surface area contributed by atoms with Gasteiger partial charge >= 0.3 is 0 Å². The van der Waals surface area contributed by atoms with Gasteiger partial charge in [-0.15, -0.1) is 0 Å². The number of hydrogen-bond donors (Lipinski definition) is 2. The van der Waals surface area contributed by atoms with Gasteiger partial charge in [0.05, 0.1) is 0 Å². The minimum atomic E-state index is 0.430. The minimum absolute atomic E-state index is 0.430. The Bertz CT molecular complexity index is 231. The van der Waals surface area contributed by atoms with Gasteiger partial charge < -0.3 is 10.6 Å². The SMILES string of the molecule is CC(CNCC1CC2CCC1N2)C(C)(C)C. The Morgan fingerprint density at radius 1 is 1.31 bits per heavy atom. The molecule has 2 heterocycles. The summed E-state index contributed by atoms with van der Waals surface area (Å²) in [6, 6.07) is 1.67. The van der Waals surface area contributed by atoms with Crippen molar-refractivity contribution in [3.8, 4) is 0 Å². The molecule has 0 amide bonds. The Labute approximate surface area is 101 Å². The Kier molecular flexibility index (Phi) is 3.60. The summed E-state index contributed by atoms with van der Waals surface area (Å²) in [7, 11) is 0. The van der Waals surface area contributed by atoms with E-state index in [1.165, 1.54) is 25.8 Å². The summed E-state index contributed by atoms with van der Waals surface area (Å²) in [6.07, 6.45) is 4.23. The molecule has 94 valence electrons. The van der Waals surface area contributed by atoms with E-state index in [4.69, 9.17) is 0 Å². The van der Waals surface area contributed by atoms with Crippen molar-refractivity contribution in [2.75, 3.05) is 13.1 Å². The van der Waals surface area contributed by atoms with Crippen LogP contribution < -0.4 is 10.6 Å². The first-order valence-corrected chi connectivity index (χ1v) is 6.93. The predicted molar refractivity (Wildman–Crippen MR) is 69.5 cm³/mol. The number of rotatable bonds is 4. The minimum Gasteiger partial charge on any atom is -0.316 e. The van der Waals surface area contributed by atoms with E-state index in [2.05, 4.69) is 38.3 Å². The molecule has 0 saturated carbocycles. The number of hydrogen-bond acceptors (Lipinski definition) is 2. The summed E-state index contributed by atoms with van der Waals surface area (Å²) in [5, 5.41) is 7.38. The summed E-state index contributed by atoms with van der Waals surface area (Å²) < 4.78 is 0. The second-order valence-electron chi connectivity index (χ2n) is 6.97. The molecule has 2 heteroatoms. The normalized spacial score (nSPS) is 35.6. The van der Waals surface area contributed by atoms with Gasteiger partial charge in [0.2, 0.25) is 0 Å². The monoisotopic (exact) mass is 224 g/mol. The quantitative estimate of drug-likeness (QED) is 0.766. The maximum absolute atomic E-state index is 3.71. The highest BCUT2D eigenvalue weighted by Crippen LogP contribution is 2.32. The van der Waals surface area contributed by atoms with Gasteiger partial charge in [-0.2, -0.15) is 0 Å². The molecule has 0 aromatic rings. The van der Waals surface area contributed by atoms with E-state index in [1.54, 1.807) is 0 Å². The molecule has 2 aliphatic heterocycles. The van der Waals surface area contributed by atoms with Crippen LogP contribution in [0.1, 0.15) is 47.0 Å². The molecule has 2 aliphatic rings. The predicted octanol–water partition coefficient (Wildman–Crippen LogP) is 2.40. The number of nitrogens with one attached hydrogen (secondary N) is 2. The third-order valence-corrected chi connectivity index (χ3v) is 4.77. The summed E-state index contributed by atoms with van der Waals surface area (Å²) >= 11 is 0. The van der Waals surface area contributed by atoms with Crippen LogP contribution in [0.2, 0.25) is 0 Å². The first-order valence-electron chi connectivity index (χ1n) is 6.93. The van der Waals surface area contributed by atoms with Gasteiger partial charge in [0.1, 0.15) is 0 Å². The van der Waals surface area contributed by atoms with Gasteiger partial charge in [-0.25, -0.2) is 0 Å². The topological polar surface area (TPSA) is 24.1 Å². The molecule has 16 heavy (non-hydrogen) atoms. The first-order chi connectivity index (χ1) is 7.47. The molecular formula is C14H28N2. The largest absolute Gasteiger partial charge is 0.316 e. The van der Waals surface area contributed by atoms with E-state index in [1.807, 2.05) is 0 Å². The summed E-state index contributed by atoms with van der Waals surface area (Å²) in [5.74, 6) is 1.64. The van der Waals surface area contributed by atoms with Gasteiger partial charge in [0.25, 0.3) is 0 Å². The lowest BCUT2D eigenvalue weighted by Crippen LogP contribution is -2.36. The van der Waals surface area contributed by atoms with Crippen LogP contribution in [-0.2, 0) is 0 Å². The number of fused-ring (bicyclic) bond motifs is 2. The zero-order valence-electron chi connectivity index (χ0n) is 11.3.